The number of nitrogens with one attached hydrogen (secondary N) is 1. The van der Waals surface area contributed by atoms with Crippen LogP contribution in [0.3, 0.4) is 0 Å². The maximum absolute atomic E-state index is 13.7. The fourth-order valence-corrected chi connectivity index (χ4v) is 5.72. The molecule has 2 rings (SSSR count). The van der Waals surface area contributed by atoms with Crippen molar-refractivity contribution in [2.75, 3.05) is 6.54 Å². The van der Waals surface area contributed by atoms with Gasteiger partial charge in [-0.15, -0.1) is 0 Å². The van der Waals surface area contributed by atoms with Crippen LogP contribution in [0.1, 0.15) is 53.9 Å². The van der Waals surface area contributed by atoms with Crippen LogP contribution in [0.15, 0.2) is 30.3 Å². The standard InChI is InChI=1S/C20H34NO2P/c1-15(2)14-21-24(22,18-9-7-6-8-10-18)23-20-13-17(5)11-12-19(20)16(3)4/h6-10,15-17,19-20H,11-14H2,1-5H3,(H,21,22)/t17-,19+,20+,24+/m0/s1. The minimum atomic E-state index is -3.05. The number of hydrogen-bond donors (Lipinski definition) is 1. The molecule has 0 unspecified atom stereocenters. The molecule has 1 N–H and O–H groups in total. The van der Waals surface area contributed by atoms with E-state index in [9.17, 15) is 4.57 Å². The molecule has 136 valence electrons. The highest BCUT2D eigenvalue weighted by Crippen LogP contribution is 2.48. The van der Waals surface area contributed by atoms with Crippen LogP contribution in [0.5, 0.6) is 0 Å². The molecular weight excluding hydrogens is 317 g/mol. The Labute approximate surface area is 148 Å². The first-order chi connectivity index (χ1) is 11.3. The van der Waals surface area contributed by atoms with Gasteiger partial charge in [0.2, 0.25) is 0 Å². The van der Waals surface area contributed by atoms with Crippen molar-refractivity contribution in [3.8, 4) is 0 Å². The highest BCUT2D eigenvalue weighted by Gasteiger charge is 2.37. The van der Waals surface area contributed by atoms with Crippen molar-refractivity contribution in [1.82, 2.24) is 5.09 Å². The van der Waals surface area contributed by atoms with Crippen LogP contribution < -0.4 is 10.4 Å². The topological polar surface area (TPSA) is 38.3 Å². The first-order valence-electron chi connectivity index (χ1n) is 9.41. The lowest BCUT2D eigenvalue weighted by atomic mass is 9.75. The van der Waals surface area contributed by atoms with Gasteiger partial charge in [-0.3, -0.25) is 4.57 Å². The van der Waals surface area contributed by atoms with Crippen molar-refractivity contribution in [2.24, 2.45) is 23.7 Å². The van der Waals surface area contributed by atoms with Gasteiger partial charge in [-0.2, -0.15) is 0 Å². The number of hydrogen-bond acceptors (Lipinski definition) is 2. The summed E-state index contributed by atoms with van der Waals surface area (Å²) in [6.45, 7) is 11.7. The quantitative estimate of drug-likeness (QED) is 0.684. The largest absolute Gasteiger partial charge is 0.311 e. The Kier molecular flexibility index (Phi) is 7.10. The molecule has 0 spiro atoms. The Morgan fingerprint density at radius 2 is 1.83 bits per heavy atom. The molecule has 1 aliphatic rings. The van der Waals surface area contributed by atoms with Crippen molar-refractivity contribution >= 4 is 12.8 Å². The Bertz CT molecular complexity index is 544. The highest BCUT2D eigenvalue weighted by atomic mass is 31.2. The van der Waals surface area contributed by atoms with E-state index in [4.69, 9.17) is 4.52 Å². The molecule has 1 aromatic rings. The summed E-state index contributed by atoms with van der Waals surface area (Å²) in [5.74, 6) is 2.10. The van der Waals surface area contributed by atoms with Gasteiger partial charge in [0, 0.05) is 6.54 Å². The van der Waals surface area contributed by atoms with Crippen LogP contribution >= 0.6 is 7.52 Å². The lowest BCUT2D eigenvalue weighted by molar-refractivity contribution is 0.0482. The van der Waals surface area contributed by atoms with Gasteiger partial charge in [-0.1, -0.05) is 59.2 Å². The van der Waals surface area contributed by atoms with E-state index in [-0.39, 0.29) is 6.10 Å². The zero-order chi connectivity index (χ0) is 17.7. The molecule has 1 saturated carbocycles. The Morgan fingerprint density at radius 1 is 1.17 bits per heavy atom. The van der Waals surface area contributed by atoms with Crippen LogP contribution in [0, 0.1) is 23.7 Å². The summed E-state index contributed by atoms with van der Waals surface area (Å²) in [7, 11) is -3.05. The van der Waals surface area contributed by atoms with E-state index in [1.54, 1.807) is 0 Å². The molecule has 24 heavy (non-hydrogen) atoms. The fraction of sp³-hybridized carbons (Fsp3) is 0.700. The molecule has 4 heteroatoms. The molecule has 1 aromatic carbocycles. The molecule has 0 bridgehead atoms. The summed E-state index contributed by atoms with van der Waals surface area (Å²) in [5.41, 5.74) is 0. The first kappa shape index (κ1) is 19.7. The zero-order valence-electron chi connectivity index (χ0n) is 15.9. The van der Waals surface area contributed by atoms with Gasteiger partial charge in [0.05, 0.1) is 11.4 Å². The van der Waals surface area contributed by atoms with Gasteiger partial charge in [-0.25, -0.2) is 5.09 Å². The minimum absolute atomic E-state index is 0.0689. The predicted molar refractivity (Wildman–Crippen MR) is 103 cm³/mol. The summed E-state index contributed by atoms with van der Waals surface area (Å²) in [6, 6.07) is 9.67. The maximum atomic E-state index is 13.7. The molecule has 0 heterocycles. The van der Waals surface area contributed by atoms with E-state index in [1.807, 2.05) is 30.3 Å². The molecule has 0 aromatic heterocycles. The van der Waals surface area contributed by atoms with Gasteiger partial charge >= 0.3 is 0 Å². The monoisotopic (exact) mass is 351 g/mol. The average molecular weight is 351 g/mol. The molecule has 0 aliphatic heterocycles. The molecule has 0 radical (unpaired) electrons. The van der Waals surface area contributed by atoms with E-state index in [2.05, 4.69) is 39.7 Å². The van der Waals surface area contributed by atoms with Crippen molar-refractivity contribution < 1.29 is 9.09 Å². The lowest BCUT2D eigenvalue weighted by Gasteiger charge is -2.39. The minimum Gasteiger partial charge on any atom is -0.311 e. The fourth-order valence-electron chi connectivity index (χ4n) is 3.54. The average Bonchev–Trinajstić information content (AvgIpc) is 2.53. The second kappa shape index (κ2) is 8.65. The zero-order valence-corrected chi connectivity index (χ0v) is 16.8. The molecule has 4 atom stereocenters. The normalized spacial score (nSPS) is 27.4. The third kappa shape index (κ3) is 5.18. The molecule has 3 nitrogen and oxygen atoms in total. The van der Waals surface area contributed by atoms with E-state index in [0.717, 1.165) is 11.7 Å². The third-order valence-corrected chi connectivity index (χ3v) is 7.19. The Balaban J connectivity index is 2.24. The van der Waals surface area contributed by atoms with Gasteiger partial charge in [-0.05, 0) is 48.6 Å². The van der Waals surface area contributed by atoms with Crippen LogP contribution in [0.4, 0.5) is 0 Å². The summed E-state index contributed by atoms with van der Waals surface area (Å²) in [5, 5.41) is 4.05. The van der Waals surface area contributed by atoms with E-state index < -0.39 is 7.52 Å². The van der Waals surface area contributed by atoms with Crippen molar-refractivity contribution in [1.29, 1.82) is 0 Å². The second-order valence-electron chi connectivity index (χ2n) is 8.11. The highest BCUT2D eigenvalue weighted by molar-refractivity contribution is 7.65. The molecule has 0 amide bonds. The maximum Gasteiger partial charge on any atom is 0.299 e. The van der Waals surface area contributed by atoms with E-state index in [1.165, 1.54) is 12.8 Å². The molecule has 1 fully saturated rings. The summed E-state index contributed by atoms with van der Waals surface area (Å²) in [6.07, 6.45) is 3.49. The van der Waals surface area contributed by atoms with Crippen LogP contribution in [0.2, 0.25) is 0 Å². The summed E-state index contributed by atoms with van der Waals surface area (Å²) >= 11 is 0. The number of benzene rings is 1. The van der Waals surface area contributed by atoms with Gasteiger partial charge < -0.3 is 4.52 Å². The summed E-state index contributed by atoms with van der Waals surface area (Å²) in [4.78, 5) is 0. The molecule has 0 saturated heterocycles. The SMILES string of the molecule is CC(C)CN[P@](=O)(O[C@@H]1C[C@@H](C)CC[C@@H]1C(C)C)c1ccccc1. The molecule has 1 aliphatic carbocycles. The Hall–Kier alpha value is -0.630. The Morgan fingerprint density at radius 3 is 2.42 bits per heavy atom. The van der Waals surface area contributed by atoms with E-state index >= 15 is 0 Å². The smallest absolute Gasteiger partial charge is 0.299 e. The van der Waals surface area contributed by atoms with Crippen molar-refractivity contribution in [3.05, 3.63) is 30.3 Å². The van der Waals surface area contributed by atoms with Crippen LogP contribution in [-0.2, 0) is 9.09 Å². The van der Waals surface area contributed by atoms with Gasteiger partial charge in [0.25, 0.3) is 7.52 Å². The van der Waals surface area contributed by atoms with Crippen LogP contribution in [0.25, 0.3) is 0 Å². The van der Waals surface area contributed by atoms with Crippen LogP contribution in [-0.4, -0.2) is 12.6 Å². The van der Waals surface area contributed by atoms with Crippen molar-refractivity contribution in [3.63, 3.8) is 0 Å². The lowest BCUT2D eigenvalue weighted by Crippen LogP contribution is -2.37. The summed E-state index contributed by atoms with van der Waals surface area (Å²) < 4.78 is 20.1. The van der Waals surface area contributed by atoms with E-state index in [0.29, 0.717) is 30.2 Å². The van der Waals surface area contributed by atoms with Gasteiger partial charge in [0.1, 0.15) is 0 Å². The second-order valence-corrected chi connectivity index (χ2v) is 10.3. The first-order valence-corrected chi connectivity index (χ1v) is 11.0. The third-order valence-electron chi connectivity index (χ3n) is 5.05. The predicted octanol–water partition coefficient (Wildman–Crippen LogP) is 5.23. The number of rotatable bonds is 7. The van der Waals surface area contributed by atoms with Crippen molar-refractivity contribution in [2.45, 2.75) is 60.0 Å². The van der Waals surface area contributed by atoms with Gasteiger partial charge in [0.15, 0.2) is 0 Å². The molecular formula is C20H34NO2P.